The van der Waals surface area contributed by atoms with Crippen molar-refractivity contribution in [3.63, 3.8) is 0 Å². The molecule has 1 aromatic heterocycles. The lowest BCUT2D eigenvalue weighted by molar-refractivity contribution is 0.0695. The third kappa shape index (κ3) is 4.44. The summed E-state index contributed by atoms with van der Waals surface area (Å²) in [7, 11) is -0.797. The number of aryl methyl sites for hydroxylation is 1. The minimum Gasteiger partial charge on any atom is -0.478 e. The van der Waals surface area contributed by atoms with Crippen LogP contribution in [0.25, 0.3) is 0 Å². The molecule has 0 aliphatic heterocycles. The first-order valence-electron chi connectivity index (χ1n) is 5.67. The van der Waals surface area contributed by atoms with Gasteiger partial charge in [-0.3, -0.25) is 4.21 Å². The van der Waals surface area contributed by atoms with Crippen LogP contribution >= 0.6 is 0 Å². The largest absolute Gasteiger partial charge is 0.478 e. The summed E-state index contributed by atoms with van der Waals surface area (Å²) >= 11 is 0. The summed E-state index contributed by atoms with van der Waals surface area (Å²) in [5.41, 5.74) is 0.696. The molecule has 0 aromatic carbocycles. The van der Waals surface area contributed by atoms with E-state index in [2.05, 4.69) is 10.3 Å². The monoisotopic (exact) mass is 270 g/mol. The van der Waals surface area contributed by atoms with Crippen LogP contribution in [0, 0.1) is 6.92 Å². The molecule has 0 spiro atoms. The first-order valence-corrected chi connectivity index (χ1v) is 7.40. The van der Waals surface area contributed by atoms with Crippen molar-refractivity contribution in [2.75, 3.05) is 17.3 Å². The van der Waals surface area contributed by atoms with Gasteiger partial charge in [-0.1, -0.05) is 0 Å². The van der Waals surface area contributed by atoms with Gasteiger partial charge in [-0.15, -0.1) is 0 Å². The minimum atomic E-state index is -0.971. The summed E-state index contributed by atoms with van der Waals surface area (Å²) in [4.78, 5) is 15.0. The highest BCUT2D eigenvalue weighted by Crippen LogP contribution is 2.12. The van der Waals surface area contributed by atoms with E-state index in [1.54, 1.807) is 19.2 Å². The summed E-state index contributed by atoms with van der Waals surface area (Å²) < 4.78 is 11.0. The Morgan fingerprint density at radius 2 is 2.22 bits per heavy atom. The SMILES string of the molecule is Cc1nc(NC(C)CCS(C)=O)ccc1C(=O)O. The smallest absolute Gasteiger partial charge is 0.337 e. The highest BCUT2D eigenvalue weighted by atomic mass is 32.2. The van der Waals surface area contributed by atoms with Gasteiger partial charge in [0, 0.05) is 28.9 Å². The molecule has 2 N–H and O–H groups in total. The number of nitrogens with zero attached hydrogens (tertiary/aromatic N) is 1. The van der Waals surface area contributed by atoms with E-state index >= 15 is 0 Å². The van der Waals surface area contributed by atoms with E-state index in [9.17, 15) is 9.00 Å². The summed E-state index contributed by atoms with van der Waals surface area (Å²) in [6, 6.07) is 3.34. The van der Waals surface area contributed by atoms with Crippen molar-refractivity contribution in [2.45, 2.75) is 26.3 Å². The molecule has 2 atom stereocenters. The number of aromatic carboxylic acids is 1. The summed E-state index contributed by atoms with van der Waals surface area (Å²) in [5, 5.41) is 12.1. The lowest BCUT2D eigenvalue weighted by Gasteiger charge is -2.14. The molecular formula is C12H18N2O3S. The Bertz CT molecular complexity index is 463. The number of carbonyl (C=O) groups is 1. The van der Waals surface area contributed by atoms with Crippen molar-refractivity contribution in [1.82, 2.24) is 4.98 Å². The Balaban J connectivity index is 2.65. The molecule has 0 amide bonds. The van der Waals surface area contributed by atoms with Crippen molar-refractivity contribution in [2.24, 2.45) is 0 Å². The first-order chi connectivity index (χ1) is 8.40. The fraction of sp³-hybridized carbons (Fsp3) is 0.500. The van der Waals surface area contributed by atoms with Gasteiger partial charge in [-0.2, -0.15) is 0 Å². The Hall–Kier alpha value is -1.43. The number of hydrogen-bond donors (Lipinski definition) is 2. The summed E-state index contributed by atoms with van der Waals surface area (Å²) in [6.07, 6.45) is 2.46. The molecule has 0 aliphatic rings. The van der Waals surface area contributed by atoms with E-state index in [0.717, 1.165) is 6.42 Å². The van der Waals surface area contributed by atoms with Crippen molar-refractivity contribution in [3.8, 4) is 0 Å². The number of carboxylic acids is 1. The number of anilines is 1. The van der Waals surface area contributed by atoms with Crippen LogP contribution in [0.1, 0.15) is 29.4 Å². The van der Waals surface area contributed by atoms with Crippen LogP contribution in [0.5, 0.6) is 0 Å². The molecule has 0 aliphatic carbocycles. The van der Waals surface area contributed by atoms with Crippen LogP contribution in [0.4, 0.5) is 5.82 Å². The zero-order valence-corrected chi connectivity index (χ0v) is 11.6. The van der Waals surface area contributed by atoms with Crippen molar-refractivity contribution in [1.29, 1.82) is 0 Å². The average molecular weight is 270 g/mol. The quantitative estimate of drug-likeness (QED) is 0.821. The van der Waals surface area contributed by atoms with E-state index in [1.165, 1.54) is 6.07 Å². The molecule has 2 unspecified atom stereocenters. The first kappa shape index (κ1) is 14.6. The van der Waals surface area contributed by atoms with Crippen LogP contribution in [-0.2, 0) is 10.8 Å². The maximum absolute atomic E-state index is 11.0. The molecule has 0 fully saturated rings. The zero-order valence-electron chi connectivity index (χ0n) is 10.8. The van der Waals surface area contributed by atoms with Crippen LogP contribution < -0.4 is 5.32 Å². The number of pyridine rings is 1. The van der Waals surface area contributed by atoms with Gasteiger partial charge in [0.05, 0.1) is 11.3 Å². The molecule has 100 valence electrons. The second-order valence-corrected chi connectivity index (χ2v) is 5.80. The van der Waals surface area contributed by atoms with Crippen molar-refractivity contribution < 1.29 is 14.1 Å². The number of rotatable bonds is 6. The molecule has 0 radical (unpaired) electrons. The molecule has 5 nitrogen and oxygen atoms in total. The zero-order chi connectivity index (χ0) is 13.7. The third-order valence-electron chi connectivity index (χ3n) is 2.55. The molecule has 0 saturated heterocycles. The molecule has 0 bridgehead atoms. The van der Waals surface area contributed by atoms with Crippen molar-refractivity contribution >= 4 is 22.6 Å². The highest BCUT2D eigenvalue weighted by Gasteiger charge is 2.10. The number of aromatic nitrogens is 1. The van der Waals surface area contributed by atoms with Crippen LogP contribution in [0.15, 0.2) is 12.1 Å². The maximum atomic E-state index is 11.0. The molecule has 0 saturated carbocycles. The number of nitrogens with one attached hydrogen (secondary N) is 1. The second kappa shape index (κ2) is 6.49. The van der Waals surface area contributed by atoms with Crippen LogP contribution in [0.2, 0.25) is 0 Å². The van der Waals surface area contributed by atoms with Gasteiger partial charge in [0.1, 0.15) is 5.82 Å². The summed E-state index contributed by atoms with van der Waals surface area (Å²) in [6.45, 7) is 3.65. The Morgan fingerprint density at radius 3 is 2.72 bits per heavy atom. The van der Waals surface area contributed by atoms with Gasteiger partial charge in [0.2, 0.25) is 0 Å². The molecular weight excluding hydrogens is 252 g/mol. The van der Waals surface area contributed by atoms with Gasteiger partial charge in [0.15, 0.2) is 0 Å². The van der Waals surface area contributed by atoms with Crippen LogP contribution in [0.3, 0.4) is 0 Å². The van der Waals surface area contributed by atoms with Crippen molar-refractivity contribution in [3.05, 3.63) is 23.4 Å². The normalized spacial score (nSPS) is 13.9. The lowest BCUT2D eigenvalue weighted by atomic mass is 10.2. The standard InChI is InChI=1S/C12H18N2O3S/c1-8(6-7-18(3)17)13-11-5-4-10(12(15)16)9(2)14-11/h4-5,8H,6-7H2,1-3H3,(H,13,14)(H,15,16). The van der Waals surface area contributed by atoms with Gasteiger partial charge < -0.3 is 10.4 Å². The van der Waals surface area contributed by atoms with E-state index < -0.39 is 16.8 Å². The van der Waals surface area contributed by atoms with Gasteiger partial charge >= 0.3 is 5.97 Å². The van der Waals surface area contributed by atoms with Gasteiger partial charge in [0.25, 0.3) is 0 Å². The topological polar surface area (TPSA) is 79.3 Å². The van der Waals surface area contributed by atoms with Gasteiger partial charge in [-0.25, -0.2) is 9.78 Å². The Labute approximate surface area is 109 Å². The van der Waals surface area contributed by atoms with Crippen LogP contribution in [-0.4, -0.2) is 38.3 Å². The highest BCUT2D eigenvalue weighted by molar-refractivity contribution is 7.84. The van der Waals surface area contributed by atoms with E-state index in [0.29, 0.717) is 17.3 Å². The summed E-state index contributed by atoms with van der Waals surface area (Å²) in [5.74, 6) is 0.313. The predicted molar refractivity (Wildman–Crippen MR) is 72.6 cm³/mol. The fourth-order valence-corrected chi connectivity index (χ4v) is 2.22. The molecule has 1 rings (SSSR count). The predicted octanol–water partition coefficient (Wildman–Crippen LogP) is 1.66. The lowest BCUT2D eigenvalue weighted by Crippen LogP contribution is -2.19. The number of hydrogen-bond acceptors (Lipinski definition) is 4. The minimum absolute atomic E-state index is 0.150. The second-order valence-electron chi connectivity index (χ2n) is 4.25. The Morgan fingerprint density at radius 1 is 1.56 bits per heavy atom. The third-order valence-corrected chi connectivity index (χ3v) is 3.36. The van der Waals surface area contributed by atoms with E-state index in [1.807, 2.05) is 6.92 Å². The maximum Gasteiger partial charge on any atom is 0.337 e. The average Bonchev–Trinajstić information content (AvgIpc) is 2.26. The molecule has 1 aromatic rings. The fourth-order valence-electron chi connectivity index (χ4n) is 1.53. The van der Waals surface area contributed by atoms with E-state index in [-0.39, 0.29) is 11.6 Å². The molecule has 1 heterocycles. The Kier molecular flexibility index (Phi) is 5.27. The van der Waals surface area contributed by atoms with Gasteiger partial charge in [-0.05, 0) is 32.4 Å². The molecule has 18 heavy (non-hydrogen) atoms. The molecule has 6 heteroatoms. The van der Waals surface area contributed by atoms with E-state index in [4.69, 9.17) is 5.11 Å². The number of carboxylic acid groups (broad SMARTS) is 1.